The molecule has 0 saturated heterocycles. The van der Waals surface area contributed by atoms with Gasteiger partial charge in [-0.05, 0) is 37.3 Å². The molecule has 1 heterocycles. The zero-order chi connectivity index (χ0) is 15.6. The van der Waals surface area contributed by atoms with Crippen molar-refractivity contribution < 1.29 is 32.2 Å². The maximum atomic E-state index is 12.6. The number of benzene rings is 1. The molecule has 1 unspecified atom stereocenters. The number of aromatic carboxylic acids is 1. The van der Waals surface area contributed by atoms with Crippen molar-refractivity contribution in [2.45, 2.75) is 19.2 Å². The maximum absolute atomic E-state index is 12.6. The number of carboxylic acids is 1. The lowest BCUT2D eigenvalue weighted by Gasteiger charge is -2.14. The number of furan rings is 1. The van der Waals surface area contributed by atoms with E-state index in [2.05, 4.69) is 0 Å². The Balaban J connectivity index is 2.15. The van der Waals surface area contributed by atoms with E-state index in [1.807, 2.05) is 0 Å². The summed E-state index contributed by atoms with van der Waals surface area (Å²) in [4.78, 5) is 10.7. The van der Waals surface area contributed by atoms with Crippen LogP contribution in [0.15, 0.2) is 40.8 Å². The van der Waals surface area contributed by atoms with Crippen LogP contribution < -0.4 is 4.74 Å². The number of alkyl halides is 3. The quantitative estimate of drug-likeness (QED) is 0.922. The average Bonchev–Trinajstić information content (AvgIpc) is 2.88. The summed E-state index contributed by atoms with van der Waals surface area (Å²) in [7, 11) is 0. The van der Waals surface area contributed by atoms with Crippen LogP contribution in [-0.2, 0) is 6.18 Å². The number of halogens is 3. The Morgan fingerprint density at radius 1 is 1.29 bits per heavy atom. The van der Waals surface area contributed by atoms with Crippen molar-refractivity contribution >= 4 is 5.97 Å². The minimum atomic E-state index is -4.45. The summed E-state index contributed by atoms with van der Waals surface area (Å²) in [5.74, 6) is -1.26. The standard InChI is InChI=1S/C14H11F3O4/c1-8(11-5-6-12(21-11)13(18)19)20-10-4-2-3-9(7-10)14(15,16)17/h2-8H,1H3,(H,18,19). The van der Waals surface area contributed by atoms with E-state index < -0.39 is 23.8 Å². The molecule has 4 nitrogen and oxygen atoms in total. The van der Waals surface area contributed by atoms with Gasteiger partial charge in [0.2, 0.25) is 5.76 Å². The molecular weight excluding hydrogens is 289 g/mol. The van der Waals surface area contributed by atoms with Crippen LogP contribution in [0.5, 0.6) is 5.75 Å². The summed E-state index contributed by atoms with van der Waals surface area (Å²) in [6, 6.07) is 7.08. The van der Waals surface area contributed by atoms with Gasteiger partial charge in [-0.3, -0.25) is 0 Å². The summed E-state index contributed by atoms with van der Waals surface area (Å²) >= 11 is 0. The molecular formula is C14H11F3O4. The Kier molecular flexibility index (Phi) is 3.93. The van der Waals surface area contributed by atoms with Gasteiger partial charge >= 0.3 is 12.1 Å². The second kappa shape index (κ2) is 5.51. The first-order valence-corrected chi connectivity index (χ1v) is 5.94. The lowest BCUT2D eigenvalue weighted by molar-refractivity contribution is -0.137. The molecule has 0 amide bonds. The normalized spacial score (nSPS) is 13.0. The molecule has 1 N–H and O–H groups in total. The fourth-order valence-electron chi connectivity index (χ4n) is 1.69. The van der Waals surface area contributed by atoms with Crippen LogP contribution in [0.3, 0.4) is 0 Å². The smallest absolute Gasteiger partial charge is 0.416 e. The SMILES string of the molecule is CC(Oc1cccc(C(F)(F)F)c1)c1ccc(C(=O)O)o1. The number of ether oxygens (including phenoxy) is 1. The van der Waals surface area contributed by atoms with Gasteiger partial charge in [0.1, 0.15) is 11.5 Å². The van der Waals surface area contributed by atoms with Crippen LogP contribution >= 0.6 is 0 Å². The lowest BCUT2D eigenvalue weighted by Crippen LogP contribution is -2.06. The third-order valence-corrected chi connectivity index (χ3v) is 2.71. The van der Waals surface area contributed by atoms with E-state index in [1.54, 1.807) is 6.92 Å². The molecule has 0 radical (unpaired) electrons. The summed E-state index contributed by atoms with van der Waals surface area (Å²) in [6.45, 7) is 1.55. The molecule has 112 valence electrons. The van der Waals surface area contributed by atoms with Gasteiger partial charge in [0.25, 0.3) is 0 Å². The van der Waals surface area contributed by atoms with Gasteiger partial charge in [-0.2, -0.15) is 13.2 Å². The molecule has 21 heavy (non-hydrogen) atoms. The molecule has 0 fully saturated rings. The van der Waals surface area contributed by atoms with E-state index in [0.717, 1.165) is 12.1 Å². The Morgan fingerprint density at radius 3 is 2.57 bits per heavy atom. The molecule has 0 bridgehead atoms. The first-order valence-electron chi connectivity index (χ1n) is 5.94. The lowest BCUT2D eigenvalue weighted by atomic mass is 10.2. The van der Waals surface area contributed by atoms with Crippen molar-refractivity contribution in [3.05, 3.63) is 53.5 Å². The molecule has 0 saturated carbocycles. The van der Waals surface area contributed by atoms with E-state index in [9.17, 15) is 18.0 Å². The maximum Gasteiger partial charge on any atom is 0.416 e. The highest BCUT2D eigenvalue weighted by molar-refractivity contribution is 5.84. The van der Waals surface area contributed by atoms with Crippen LogP contribution in [0, 0.1) is 0 Å². The van der Waals surface area contributed by atoms with Crippen molar-refractivity contribution in [2.24, 2.45) is 0 Å². The van der Waals surface area contributed by atoms with Gasteiger partial charge < -0.3 is 14.3 Å². The monoisotopic (exact) mass is 300 g/mol. The van der Waals surface area contributed by atoms with Gasteiger partial charge in [0.15, 0.2) is 6.10 Å². The molecule has 0 aliphatic heterocycles. The minimum Gasteiger partial charge on any atom is -0.483 e. The fourth-order valence-corrected chi connectivity index (χ4v) is 1.69. The van der Waals surface area contributed by atoms with Gasteiger partial charge in [-0.15, -0.1) is 0 Å². The second-order valence-corrected chi connectivity index (χ2v) is 4.29. The second-order valence-electron chi connectivity index (χ2n) is 4.29. The van der Waals surface area contributed by atoms with Crippen LogP contribution in [0.1, 0.15) is 34.9 Å². The van der Waals surface area contributed by atoms with Crippen molar-refractivity contribution in [2.75, 3.05) is 0 Å². The van der Waals surface area contributed by atoms with Crippen LogP contribution in [-0.4, -0.2) is 11.1 Å². The first kappa shape index (κ1) is 15.0. The number of rotatable bonds is 4. The largest absolute Gasteiger partial charge is 0.483 e. The molecule has 2 rings (SSSR count). The van der Waals surface area contributed by atoms with Crippen LogP contribution in [0.25, 0.3) is 0 Å². The molecule has 7 heteroatoms. The van der Waals surface area contributed by atoms with Crippen molar-refractivity contribution in [3.63, 3.8) is 0 Å². The summed E-state index contributed by atoms with van der Waals surface area (Å²) in [6.07, 6.45) is -5.18. The topological polar surface area (TPSA) is 59.7 Å². The first-order chi connectivity index (χ1) is 9.77. The number of hydrogen-bond donors (Lipinski definition) is 1. The Labute approximate surface area is 117 Å². The third kappa shape index (κ3) is 3.56. The average molecular weight is 300 g/mol. The Morgan fingerprint density at radius 2 is 2.00 bits per heavy atom. The summed E-state index contributed by atoms with van der Waals surface area (Å²) < 4.78 is 48.1. The number of carboxylic acid groups (broad SMARTS) is 1. The highest BCUT2D eigenvalue weighted by atomic mass is 19.4. The van der Waals surface area contributed by atoms with Crippen LogP contribution in [0.2, 0.25) is 0 Å². The molecule has 0 spiro atoms. The molecule has 1 aromatic carbocycles. The molecule has 0 aliphatic rings. The molecule has 1 atom stereocenters. The minimum absolute atomic E-state index is 0.0191. The van der Waals surface area contributed by atoms with E-state index in [0.29, 0.717) is 0 Å². The molecule has 2 aromatic rings. The number of carbonyl (C=O) groups is 1. The predicted octanol–water partition coefficient (Wildman–Crippen LogP) is 4.14. The van der Waals surface area contributed by atoms with Gasteiger partial charge in [0, 0.05) is 0 Å². The van der Waals surface area contributed by atoms with Crippen molar-refractivity contribution in [1.82, 2.24) is 0 Å². The van der Waals surface area contributed by atoms with Crippen molar-refractivity contribution in [1.29, 1.82) is 0 Å². The third-order valence-electron chi connectivity index (χ3n) is 2.71. The van der Waals surface area contributed by atoms with Gasteiger partial charge in [-0.25, -0.2) is 4.79 Å². The predicted molar refractivity (Wildman–Crippen MR) is 66.2 cm³/mol. The molecule has 0 aliphatic carbocycles. The van der Waals surface area contributed by atoms with Crippen LogP contribution in [0.4, 0.5) is 13.2 Å². The fraction of sp³-hybridized carbons (Fsp3) is 0.214. The highest BCUT2D eigenvalue weighted by Gasteiger charge is 2.30. The van der Waals surface area contributed by atoms with E-state index in [-0.39, 0.29) is 17.3 Å². The van der Waals surface area contributed by atoms with Gasteiger partial charge in [-0.1, -0.05) is 6.07 Å². The zero-order valence-corrected chi connectivity index (χ0v) is 10.8. The summed E-state index contributed by atoms with van der Waals surface area (Å²) in [5.41, 5.74) is -0.821. The highest BCUT2D eigenvalue weighted by Crippen LogP contribution is 2.32. The zero-order valence-electron chi connectivity index (χ0n) is 10.8. The Hall–Kier alpha value is -2.44. The van der Waals surface area contributed by atoms with Crippen molar-refractivity contribution in [3.8, 4) is 5.75 Å². The van der Waals surface area contributed by atoms with E-state index >= 15 is 0 Å². The van der Waals surface area contributed by atoms with E-state index in [1.165, 1.54) is 24.3 Å². The summed E-state index contributed by atoms with van der Waals surface area (Å²) in [5, 5.41) is 8.74. The Bertz CT molecular complexity index is 646. The number of hydrogen-bond acceptors (Lipinski definition) is 3. The van der Waals surface area contributed by atoms with Gasteiger partial charge in [0.05, 0.1) is 5.56 Å². The van der Waals surface area contributed by atoms with E-state index in [4.69, 9.17) is 14.3 Å². The molecule has 1 aromatic heterocycles.